The van der Waals surface area contributed by atoms with Gasteiger partial charge in [0, 0.05) is 22.0 Å². The van der Waals surface area contributed by atoms with Gasteiger partial charge in [0.15, 0.2) is 0 Å². The van der Waals surface area contributed by atoms with E-state index in [0.29, 0.717) is 11.4 Å². The Morgan fingerprint density at radius 3 is 2.16 bits per heavy atom. The van der Waals surface area contributed by atoms with Crippen LogP contribution in [-0.4, -0.2) is 9.97 Å². The quantitative estimate of drug-likeness (QED) is 0.298. The Morgan fingerprint density at radius 1 is 0.871 bits per heavy atom. The second-order valence-electron chi connectivity index (χ2n) is 7.22. The van der Waals surface area contributed by atoms with Crippen LogP contribution in [0, 0.1) is 0 Å². The lowest BCUT2D eigenvalue weighted by atomic mass is 10.1. The lowest BCUT2D eigenvalue weighted by Crippen LogP contribution is -2.12. The van der Waals surface area contributed by atoms with Crippen molar-refractivity contribution in [3.63, 3.8) is 0 Å². The number of benzene rings is 2. The van der Waals surface area contributed by atoms with Crippen molar-refractivity contribution < 1.29 is 13.2 Å². The van der Waals surface area contributed by atoms with E-state index in [1.165, 1.54) is 19.3 Å². The van der Waals surface area contributed by atoms with Gasteiger partial charge in [-0.2, -0.15) is 18.2 Å². The second-order valence-corrected chi connectivity index (χ2v) is 8.13. The summed E-state index contributed by atoms with van der Waals surface area (Å²) in [5.74, 6) is -0.219. The van der Waals surface area contributed by atoms with Crippen LogP contribution in [0.5, 0.6) is 0 Å². The lowest BCUT2D eigenvalue weighted by Gasteiger charge is -2.15. The van der Waals surface area contributed by atoms with E-state index >= 15 is 0 Å². The van der Waals surface area contributed by atoms with Crippen LogP contribution in [0.15, 0.2) is 59.2 Å². The zero-order valence-electron chi connectivity index (χ0n) is 17.1. The predicted molar refractivity (Wildman–Crippen MR) is 122 cm³/mol. The minimum absolute atomic E-state index is 0.0744. The van der Waals surface area contributed by atoms with E-state index in [1.807, 2.05) is 24.3 Å². The third-order valence-electron chi connectivity index (χ3n) is 4.73. The zero-order chi connectivity index (χ0) is 22.3. The van der Waals surface area contributed by atoms with Gasteiger partial charge in [0.2, 0.25) is 5.95 Å². The van der Waals surface area contributed by atoms with Gasteiger partial charge in [-0.1, -0.05) is 54.2 Å². The number of nitrogens with one attached hydrogen (secondary N) is 2. The summed E-state index contributed by atoms with van der Waals surface area (Å²) < 4.78 is 41.3. The molecule has 0 radical (unpaired) electrons. The first-order valence-corrected chi connectivity index (χ1v) is 11.0. The molecule has 0 aliphatic rings. The molecule has 3 aromatic rings. The fourth-order valence-corrected chi connectivity index (χ4v) is 3.32. The van der Waals surface area contributed by atoms with Gasteiger partial charge in [-0.3, -0.25) is 0 Å². The first-order chi connectivity index (χ1) is 14.8. The van der Waals surface area contributed by atoms with Gasteiger partial charge in [-0.15, -0.1) is 0 Å². The van der Waals surface area contributed by atoms with Crippen LogP contribution >= 0.6 is 15.9 Å². The summed E-state index contributed by atoms with van der Waals surface area (Å²) in [6.45, 7) is 2.17. The fraction of sp³-hybridized carbons (Fsp3) is 0.304. The van der Waals surface area contributed by atoms with Gasteiger partial charge in [0.1, 0.15) is 11.4 Å². The maximum Gasteiger partial charge on any atom is 0.421 e. The number of hydrogen-bond acceptors (Lipinski definition) is 4. The Morgan fingerprint density at radius 2 is 1.52 bits per heavy atom. The summed E-state index contributed by atoms with van der Waals surface area (Å²) in [5.41, 5.74) is 1.45. The number of rotatable bonds is 9. The highest BCUT2D eigenvalue weighted by Crippen LogP contribution is 2.35. The SMILES string of the molecule is CCCCCCc1ccc(Nc2nc(Nc3ccc(Br)cc3)ncc2C(F)(F)F)cc1. The van der Waals surface area contributed by atoms with Crippen molar-refractivity contribution >= 4 is 39.1 Å². The van der Waals surface area contributed by atoms with Crippen molar-refractivity contribution in [1.29, 1.82) is 0 Å². The number of hydrogen-bond donors (Lipinski definition) is 2. The average Bonchev–Trinajstić information content (AvgIpc) is 2.73. The Labute approximate surface area is 188 Å². The first kappa shape index (κ1) is 23.1. The largest absolute Gasteiger partial charge is 0.421 e. The van der Waals surface area contributed by atoms with E-state index < -0.39 is 11.7 Å². The lowest BCUT2D eigenvalue weighted by molar-refractivity contribution is -0.137. The highest BCUT2D eigenvalue weighted by atomic mass is 79.9. The molecule has 0 unspecified atom stereocenters. The number of aryl methyl sites for hydroxylation is 1. The third kappa shape index (κ3) is 6.95. The van der Waals surface area contributed by atoms with Gasteiger partial charge in [-0.05, 0) is 54.8 Å². The number of nitrogens with zero attached hydrogens (tertiary/aromatic N) is 2. The first-order valence-electron chi connectivity index (χ1n) is 10.2. The molecule has 0 aliphatic heterocycles. The zero-order valence-corrected chi connectivity index (χ0v) is 18.7. The van der Waals surface area contributed by atoms with Crippen LogP contribution in [0.1, 0.15) is 43.7 Å². The Balaban J connectivity index is 1.77. The maximum absolute atomic E-state index is 13.5. The molecule has 0 spiro atoms. The number of alkyl halides is 3. The number of aromatic nitrogens is 2. The molecule has 1 heterocycles. The molecule has 164 valence electrons. The summed E-state index contributed by atoms with van der Waals surface area (Å²) in [5, 5.41) is 5.73. The van der Waals surface area contributed by atoms with Crippen LogP contribution in [0.2, 0.25) is 0 Å². The van der Waals surface area contributed by atoms with Crippen molar-refractivity contribution in [2.24, 2.45) is 0 Å². The molecule has 0 amide bonds. The molecule has 0 atom stereocenters. The molecule has 2 aromatic carbocycles. The molecule has 2 N–H and O–H groups in total. The molecule has 0 bridgehead atoms. The summed E-state index contributed by atoms with van der Waals surface area (Å²) >= 11 is 3.34. The van der Waals surface area contributed by atoms with E-state index in [4.69, 9.17) is 0 Å². The average molecular weight is 493 g/mol. The molecule has 0 saturated carbocycles. The number of unbranched alkanes of at least 4 members (excludes halogenated alkanes) is 3. The molecule has 1 aromatic heterocycles. The Bertz CT molecular complexity index is 974. The van der Waals surface area contributed by atoms with E-state index in [-0.39, 0.29) is 11.8 Å². The van der Waals surface area contributed by atoms with E-state index in [0.717, 1.165) is 29.1 Å². The molecule has 8 heteroatoms. The second kappa shape index (κ2) is 10.6. The predicted octanol–water partition coefficient (Wildman–Crippen LogP) is 7.87. The van der Waals surface area contributed by atoms with Crippen molar-refractivity contribution in [3.05, 3.63) is 70.3 Å². The third-order valence-corrected chi connectivity index (χ3v) is 5.26. The Kier molecular flexibility index (Phi) is 7.90. The van der Waals surface area contributed by atoms with E-state index in [2.05, 4.69) is 43.5 Å². The molecule has 0 fully saturated rings. The smallest absolute Gasteiger partial charge is 0.340 e. The monoisotopic (exact) mass is 492 g/mol. The fourth-order valence-electron chi connectivity index (χ4n) is 3.05. The van der Waals surface area contributed by atoms with Gasteiger partial charge in [-0.25, -0.2) is 4.98 Å². The van der Waals surface area contributed by atoms with Gasteiger partial charge >= 0.3 is 6.18 Å². The molecule has 3 rings (SSSR count). The number of halogens is 4. The van der Waals surface area contributed by atoms with Crippen LogP contribution in [0.4, 0.5) is 36.3 Å². The summed E-state index contributed by atoms with van der Waals surface area (Å²) in [6, 6.07) is 14.6. The highest BCUT2D eigenvalue weighted by Gasteiger charge is 2.35. The van der Waals surface area contributed by atoms with Gasteiger partial charge in [0.05, 0.1) is 0 Å². The summed E-state index contributed by atoms with van der Waals surface area (Å²) in [4.78, 5) is 7.91. The van der Waals surface area contributed by atoms with Crippen molar-refractivity contribution in [2.45, 2.75) is 45.2 Å². The van der Waals surface area contributed by atoms with Crippen molar-refractivity contribution in [3.8, 4) is 0 Å². The van der Waals surface area contributed by atoms with Crippen LogP contribution in [-0.2, 0) is 12.6 Å². The standard InChI is InChI=1S/C23H24BrF3N4/c1-2-3-4-5-6-16-7-11-18(12-8-16)29-21-20(23(25,26)27)15-28-22(31-21)30-19-13-9-17(24)10-14-19/h7-15H,2-6H2,1H3,(H2,28,29,30,31). The topological polar surface area (TPSA) is 49.8 Å². The van der Waals surface area contributed by atoms with Gasteiger partial charge in [0.25, 0.3) is 0 Å². The van der Waals surface area contributed by atoms with Crippen LogP contribution < -0.4 is 10.6 Å². The highest BCUT2D eigenvalue weighted by molar-refractivity contribution is 9.10. The molecule has 0 aliphatic carbocycles. The van der Waals surface area contributed by atoms with Crippen molar-refractivity contribution in [1.82, 2.24) is 9.97 Å². The molecule has 4 nitrogen and oxygen atoms in total. The normalized spacial score (nSPS) is 11.4. The molecule has 31 heavy (non-hydrogen) atoms. The van der Waals surface area contributed by atoms with Crippen LogP contribution in [0.25, 0.3) is 0 Å². The molecular weight excluding hydrogens is 469 g/mol. The van der Waals surface area contributed by atoms with E-state index in [1.54, 1.807) is 24.3 Å². The minimum atomic E-state index is -4.57. The number of anilines is 4. The van der Waals surface area contributed by atoms with Gasteiger partial charge < -0.3 is 10.6 Å². The Hall–Kier alpha value is -2.61. The maximum atomic E-state index is 13.5. The van der Waals surface area contributed by atoms with Crippen LogP contribution in [0.3, 0.4) is 0 Å². The summed E-state index contributed by atoms with van der Waals surface area (Å²) in [6.07, 6.45) is 1.86. The molecule has 0 saturated heterocycles. The molecular formula is C23H24BrF3N4. The summed E-state index contributed by atoms with van der Waals surface area (Å²) in [7, 11) is 0. The van der Waals surface area contributed by atoms with Crippen molar-refractivity contribution in [2.75, 3.05) is 10.6 Å². The minimum Gasteiger partial charge on any atom is -0.340 e. The van der Waals surface area contributed by atoms with E-state index in [9.17, 15) is 13.2 Å².